The lowest BCUT2D eigenvalue weighted by Crippen LogP contribution is -2.18. The molecular weight excluding hydrogens is 301 g/mol. The molecule has 7 heteroatoms. The van der Waals surface area contributed by atoms with E-state index in [0.717, 1.165) is 5.56 Å². The SMILES string of the molecule is CN(Cc1ccc(Cl)c(C(=O)O)c1)c1ccnc(Cl)n1. The van der Waals surface area contributed by atoms with Crippen LogP contribution >= 0.6 is 23.2 Å². The van der Waals surface area contributed by atoms with Crippen LogP contribution in [-0.4, -0.2) is 28.1 Å². The minimum atomic E-state index is -1.05. The first-order chi connectivity index (χ1) is 9.47. The van der Waals surface area contributed by atoms with Crippen molar-refractivity contribution < 1.29 is 9.90 Å². The molecule has 20 heavy (non-hydrogen) atoms. The third-order valence-electron chi connectivity index (χ3n) is 2.68. The fourth-order valence-corrected chi connectivity index (χ4v) is 2.07. The first-order valence-corrected chi connectivity index (χ1v) is 6.44. The van der Waals surface area contributed by atoms with Crippen LogP contribution in [0.5, 0.6) is 0 Å². The Morgan fingerprint density at radius 2 is 2.10 bits per heavy atom. The molecule has 1 aromatic heterocycles. The third-order valence-corrected chi connectivity index (χ3v) is 3.20. The number of carboxylic acids is 1. The largest absolute Gasteiger partial charge is 0.478 e. The molecule has 0 saturated heterocycles. The molecule has 2 aromatic rings. The molecule has 0 saturated carbocycles. The molecule has 0 atom stereocenters. The standard InChI is InChI=1S/C13H11Cl2N3O2/c1-18(11-4-5-16-13(15)17-11)7-8-2-3-10(14)9(6-8)12(19)20/h2-6H,7H2,1H3,(H,19,20). The lowest BCUT2D eigenvalue weighted by molar-refractivity contribution is 0.0697. The minimum absolute atomic E-state index is 0.0817. The van der Waals surface area contributed by atoms with Crippen LogP contribution in [0.2, 0.25) is 10.3 Å². The van der Waals surface area contributed by atoms with Crippen molar-refractivity contribution in [2.45, 2.75) is 6.54 Å². The monoisotopic (exact) mass is 311 g/mol. The van der Waals surface area contributed by atoms with Gasteiger partial charge < -0.3 is 10.0 Å². The fourth-order valence-electron chi connectivity index (χ4n) is 1.73. The Morgan fingerprint density at radius 3 is 2.75 bits per heavy atom. The maximum atomic E-state index is 11.0. The number of carboxylic acid groups (broad SMARTS) is 1. The van der Waals surface area contributed by atoms with Crippen molar-refractivity contribution >= 4 is 35.0 Å². The van der Waals surface area contributed by atoms with Gasteiger partial charge >= 0.3 is 5.97 Å². The summed E-state index contributed by atoms with van der Waals surface area (Å²) in [6.07, 6.45) is 1.56. The minimum Gasteiger partial charge on any atom is -0.478 e. The van der Waals surface area contributed by atoms with Crippen LogP contribution in [-0.2, 0) is 6.54 Å². The van der Waals surface area contributed by atoms with Gasteiger partial charge in [0, 0.05) is 19.8 Å². The summed E-state index contributed by atoms with van der Waals surface area (Å²) in [6, 6.07) is 6.61. The Labute approximate surface area is 125 Å². The lowest BCUT2D eigenvalue weighted by atomic mass is 10.1. The van der Waals surface area contributed by atoms with Gasteiger partial charge in [0.2, 0.25) is 5.28 Å². The summed E-state index contributed by atoms with van der Waals surface area (Å²) < 4.78 is 0. The Hall–Kier alpha value is -1.85. The van der Waals surface area contributed by atoms with E-state index < -0.39 is 5.97 Å². The summed E-state index contributed by atoms with van der Waals surface area (Å²) in [5.41, 5.74) is 0.891. The van der Waals surface area contributed by atoms with Crippen molar-refractivity contribution in [1.29, 1.82) is 0 Å². The second kappa shape index (κ2) is 6.07. The molecule has 0 spiro atoms. The van der Waals surface area contributed by atoms with Crippen LogP contribution in [0.25, 0.3) is 0 Å². The van der Waals surface area contributed by atoms with Gasteiger partial charge in [-0.25, -0.2) is 14.8 Å². The first-order valence-electron chi connectivity index (χ1n) is 5.69. The number of aromatic carboxylic acids is 1. The molecule has 1 aromatic carbocycles. The van der Waals surface area contributed by atoms with E-state index in [2.05, 4.69) is 9.97 Å². The van der Waals surface area contributed by atoms with E-state index in [0.29, 0.717) is 12.4 Å². The Balaban J connectivity index is 2.22. The molecular formula is C13H11Cl2N3O2. The van der Waals surface area contributed by atoms with E-state index in [1.807, 2.05) is 11.9 Å². The molecule has 0 aliphatic rings. The van der Waals surface area contributed by atoms with E-state index in [-0.39, 0.29) is 15.9 Å². The molecule has 2 rings (SSSR count). The third kappa shape index (κ3) is 3.37. The van der Waals surface area contributed by atoms with Gasteiger partial charge in [-0.3, -0.25) is 0 Å². The zero-order valence-electron chi connectivity index (χ0n) is 10.5. The van der Waals surface area contributed by atoms with Crippen molar-refractivity contribution in [3.8, 4) is 0 Å². The van der Waals surface area contributed by atoms with Gasteiger partial charge in [-0.05, 0) is 35.4 Å². The number of anilines is 1. The maximum Gasteiger partial charge on any atom is 0.337 e. The average molecular weight is 312 g/mol. The van der Waals surface area contributed by atoms with Crippen LogP contribution in [0.3, 0.4) is 0 Å². The van der Waals surface area contributed by atoms with Gasteiger partial charge in [0.05, 0.1) is 10.6 Å². The molecule has 0 aliphatic carbocycles. The zero-order valence-corrected chi connectivity index (χ0v) is 12.1. The number of nitrogens with zero attached hydrogens (tertiary/aromatic N) is 3. The van der Waals surface area contributed by atoms with Crippen molar-refractivity contribution in [3.63, 3.8) is 0 Å². The van der Waals surface area contributed by atoms with Crippen molar-refractivity contribution in [2.75, 3.05) is 11.9 Å². The second-order valence-electron chi connectivity index (χ2n) is 4.16. The molecule has 0 unspecified atom stereocenters. The van der Waals surface area contributed by atoms with E-state index in [4.69, 9.17) is 28.3 Å². The van der Waals surface area contributed by atoms with Gasteiger partial charge in [0.25, 0.3) is 0 Å². The van der Waals surface area contributed by atoms with Crippen LogP contribution in [0.1, 0.15) is 15.9 Å². The molecule has 0 amide bonds. The van der Waals surface area contributed by atoms with Gasteiger partial charge in [-0.15, -0.1) is 0 Å². The number of aromatic nitrogens is 2. The van der Waals surface area contributed by atoms with Crippen molar-refractivity contribution in [2.24, 2.45) is 0 Å². The number of halogens is 2. The quantitative estimate of drug-likeness (QED) is 0.879. The van der Waals surface area contributed by atoms with Crippen molar-refractivity contribution in [1.82, 2.24) is 9.97 Å². The predicted molar refractivity (Wildman–Crippen MR) is 77.6 cm³/mol. The predicted octanol–water partition coefficient (Wildman–Crippen LogP) is 3.12. The van der Waals surface area contributed by atoms with Gasteiger partial charge in [0.15, 0.2) is 0 Å². The van der Waals surface area contributed by atoms with Crippen LogP contribution in [0, 0.1) is 0 Å². The zero-order chi connectivity index (χ0) is 14.7. The molecule has 5 nitrogen and oxygen atoms in total. The molecule has 0 bridgehead atoms. The number of hydrogen-bond acceptors (Lipinski definition) is 4. The highest BCUT2D eigenvalue weighted by Crippen LogP contribution is 2.20. The van der Waals surface area contributed by atoms with E-state index >= 15 is 0 Å². The highest BCUT2D eigenvalue weighted by atomic mass is 35.5. The molecule has 1 heterocycles. The lowest BCUT2D eigenvalue weighted by Gasteiger charge is -2.18. The number of hydrogen-bond donors (Lipinski definition) is 1. The molecule has 1 N–H and O–H groups in total. The van der Waals surface area contributed by atoms with Crippen molar-refractivity contribution in [3.05, 3.63) is 51.9 Å². The number of carbonyl (C=O) groups is 1. The van der Waals surface area contributed by atoms with E-state index in [9.17, 15) is 4.79 Å². The van der Waals surface area contributed by atoms with Gasteiger partial charge in [-0.2, -0.15) is 0 Å². The number of benzene rings is 1. The topological polar surface area (TPSA) is 66.3 Å². The molecule has 104 valence electrons. The Kier molecular flexibility index (Phi) is 4.42. The summed E-state index contributed by atoms with van der Waals surface area (Å²) in [5, 5.41) is 9.42. The summed E-state index contributed by atoms with van der Waals surface area (Å²) in [4.78, 5) is 20.8. The highest BCUT2D eigenvalue weighted by molar-refractivity contribution is 6.33. The summed E-state index contributed by atoms with van der Waals surface area (Å²) >= 11 is 11.6. The average Bonchev–Trinajstić information content (AvgIpc) is 2.40. The normalized spacial score (nSPS) is 10.3. The van der Waals surface area contributed by atoms with Crippen LogP contribution in [0.4, 0.5) is 5.82 Å². The van der Waals surface area contributed by atoms with Crippen LogP contribution < -0.4 is 4.90 Å². The molecule has 0 radical (unpaired) electrons. The first kappa shape index (κ1) is 14.6. The Morgan fingerprint density at radius 1 is 1.35 bits per heavy atom. The molecule has 0 aliphatic heterocycles. The Bertz CT molecular complexity index is 649. The van der Waals surface area contributed by atoms with E-state index in [1.54, 1.807) is 30.5 Å². The highest BCUT2D eigenvalue weighted by Gasteiger charge is 2.11. The smallest absolute Gasteiger partial charge is 0.337 e. The second-order valence-corrected chi connectivity index (χ2v) is 4.90. The number of rotatable bonds is 4. The van der Waals surface area contributed by atoms with Crippen LogP contribution in [0.15, 0.2) is 30.5 Å². The summed E-state index contributed by atoms with van der Waals surface area (Å²) in [7, 11) is 1.83. The maximum absolute atomic E-state index is 11.0. The van der Waals surface area contributed by atoms with Gasteiger partial charge in [0.1, 0.15) is 5.82 Å². The summed E-state index contributed by atoms with van der Waals surface area (Å²) in [5.74, 6) is -0.401. The van der Waals surface area contributed by atoms with E-state index in [1.165, 1.54) is 0 Å². The molecule has 0 fully saturated rings. The van der Waals surface area contributed by atoms with Gasteiger partial charge in [-0.1, -0.05) is 17.7 Å². The fraction of sp³-hybridized carbons (Fsp3) is 0.154. The summed E-state index contributed by atoms with van der Waals surface area (Å²) in [6.45, 7) is 0.477.